The molecule has 0 saturated carbocycles. The maximum Gasteiger partial charge on any atom is 0.166 e. The molecule has 0 aliphatic rings. The third-order valence-corrected chi connectivity index (χ3v) is 1.90. The molecule has 14 heavy (non-hydrogen) atoms. The number of aromatic nitrogens is 3. The monoisotopic (exact) mass is 212 g/mol. The zero-order valence-electron chi connectivity index (χ0n) is 6.98. The van der Waals surface area contributed by atoms with Gasteiger partial charge in [0.2, 0.25) is 0 Å². The molecule has 0 amide bonds. The Balaban J connectivity index is 2.52. The summed E-state index contributed by atoms with van der Waals surface area (Å²) in [5.41, 5.74) is 5.62. The number of halogens is 2. The molecule has 2 N–H and O–H groups in total. The molecule has 2 rings (SSSR count). The summed E-state index contributed by atoms with van der Waals surface area (Å²) in [6, 6.07) is 4.28. The van der Waals surface area contributed by atoms with Crippen LogP contribution in [0.15, 0.2) is 24.4 Å². The fourth-order valence-corrected chi connectivity index (χ4v) is 1.22. The van der Waals surface area contributed by atoms with Crippen molar-refractivity contribution in [3.63, 3.8) is 0 Å². The fraction of sp³-hybridized carbons (Fsp3) is 0. The second kappa shape index (κ2) is 3.26. The number of nitrogens with zero attached hydrogens (tertiary/aromatic N) is 3. The molecule has 1 heterocycles. The van der Waals surface area contributed by atoms with Crippen LogP contribution < -0.4 is 5.73 Å². The molecule has 72 valence electrons. The lowest BCUT2D eigenvalue weighted by atomic mass is 10.3. The van der Waals surface area contributed by atoms with E-state index >= 15 is 0 Å². The standard InChI is InChI=1S/C8H6ClFN4/c9-5-1-2-7(6(10)3-5)14-4-8(11)12-13-14/h1-4H,11H2. The lowest BCUT2D eigenvalue weighted by Gasteiger charge is -2.01. The van der Waals surface area contributed by atoms with E-state index < -0.39 is 5.82 Å². The highest BCUT2D eigenvalue weighted by Gasteiger charge is 2.06. The predicted octanol–water partition coefficient (Wildman–Crippen LogP) is 1.64. The van der Waals surface area contributed by atoms with Crippen molar-refractivity contribution in [3.05, 3.63) is 35.2 Å². The molecule has 0 unspecified atom stereocenters. The van der Waals surface area contributed by atoms with Crippen molar-refractivity contribution in [3.8, 4) is 5.69 Å². The number of hydrogen-bond acceptors (Lipinski definition) is 3. The van der Waals surface area contributed by atoms with Crippen LogP contribution in [-0.4, -0.2) is 15.0 Å². The molecule has 0 aliphatic carbocycles. The molecular formula is C8H6ClFN4. The highest BCUT2D eigenvalue weighted by Crippen LogP contribution is 2.17. The van der Waals surface area contributed by atoms with E-state index in [0.29, 0.717) is 5.02 Å². The molecule has 0 spiro atoms. The largest absolute Gasteiger partial charge is 0.381 e. The van der Waals surface area contributed by atoms with Gasteiger partial charge in [-0.3, -0.25) is 0 Å². The average Bonchev–Trinajstić information content (AvgIpc) is 2.51. The van der Waals surface area contributed by atoms with Crippen LogP contribution in [0.3, 0.4) is 0 Å². The quantitative estimate of drug-likeness (QED) is 0.782. The third-order valence-electron chi connectivity index (χ3n) is 1.67. The van der Waals surface area contributed by atoms with Crippen LogP contribution in [-0.2, 0) is 0 Å². The Morgan fingerprint density at radius 1 is 1.43 bits per heavy atom. The van der Waals surface area contributed by atoms with Gasteiger partial charge >= 0.3 is 0 Å². The summed E-state index contributed by atoms with van der Waals surface area (Å²) >= 11 is 5.60. The van der Waals surface area contributed by atoms with Crippen molar-refractivity contribution in [1.82, 2.24) is 15.0 Å². The van der Waals surface area contributed by atoms with Gasteiger partial charge in [0, 0.05) is 5.02 Å². The smallest absolute Gasteiger partial charge is 0.166 e. The lowest BCUT2D eigenvalue weighted by molar-refractivity contribution is 0.607. The van der Waals surface area contributed by atoms with Crippen molar-refractivity contribution < 1.29 is 4.39 Å². The van der Waals surface area contributed by atoms with Gasteiger partial charge in [0.15, 0.2) is 5.82 Å². The number of hydrogen-bond donors (Lipinski definition) is 1. The molecule has 1 aromatic carbocycles. The maximum absolute atomic E-state index is 13.3. The van der Waals surface area contributed by atoms with Crippen LogP contribution in [0.25, 0.3) is 5.69 Å². The van der Waals surface area contributed by atoms with E-state index in [-0.39, 0.29) is 11.5 Å². The van der Waals surface area contributed by atoms with E-state index in [4.69, 9.17) is 17.3 Å². The van der Waals surface area contributed by atoms with Gasteiger partial charge in [-0.2, -0.15) is 0 Å². The minimum Gasteiger partial charge on any atom is -0.381 e. The second-order valence-electron chi connectivity index (χ2n) is 2.68. The summed E-state index contributed by atoms with van der Waals surface area (Å²) in [4.78, 5) is 0. The fourth-order valence-electron chi connectivity index (χ4n) is 1.06. The van der Waals surface area contributed by atoms with Crippen molar-refractivity contribution in [2.45, 2.75) is 0 Å². The topological polar surface area (TPSA) is 56.7 Å². The van der Waals surface area contributed by atoms with Gasteiger partial charge in [-0.05, 0) is 18.2 Å². The lowest BCUT2D eigenvalue weighted by Crippen LogP contribution is -1.98. The summed E-state index contributed by atoms with van der Waals surface area (Å²) in [6.45, 7) is 0. The normalized spacial score (nSPS) is 10.4. The van der Waals surface area contributed by atoms with Crippen LogP contribution >= 0.6 is 11.6 Å². The Labute approximate surface area is 84.1 Å². The van der Waals surface area contributed by atoms with E-state index in [2.05, 4.69) is 10.3 Å². The molecule has 0 saturated heterocycles. The molecule has 0 bridgehead atoms. The summed E-state index contributed by atoms with van der Waals surface area (Å²) in [6.07, 6.45) is 1.42. The molecule has 1 aromatic heterocycles. The number of anilines is 1. The number of rotatable bonds is 1. The number of nitrogens with two attached hydrogens (primary N) is 1. The van der Waals surface area contributed by atoms with Gasteiger partial charge in [0.05, 0.1) is 6.20 Å². The van der Waals surface area contributed by atoms with Crippen LogP contribution in [0.4, 0.5) is 10.2 Å². The zero-order valence-corrected chi connectivity index (χ0v) is 7.74. The highest BCUT2D eigenvalue weighted by molar-refractivity contribution is 6.30. The minimum absolute atomic E-state index is 0.236. The third kappa shape index (κ3) is 1.54. The van der Waals surface area contributed by atoms with Gasteiger partial charge in [-0.15, -0.1) is 5.10 Å². The Morgan fingerprint density at radius 3 is 2.79 bits per heavy atom. The first kappa shape index (κ1) is 8.96. The molecule has 0 radical (unpaired) electrons. The van der Waals surface area contributed by atoms with Gasteiger partial charge < -0.3 is 5.73 Å². The van der Waals surface area contributed by atoms with Gasteiger partial charge in [-0.25, -0.2) is 9.07 Å². The Morgan fingerprint density at radius 2 is 2.21 bits per heavy atom. The first-order chi connectivity index (χ1) is 6.66. The van der Waals surface area contributed by atoms with Crippen molar-refractivity contribution in [2.24, 2.45) is 0 Å². The van der Waals surface area contributed by atoms with E-state index in [9.17, 15) is 4.39 Å². The Hall–Kier alpha value is -1.62. The summed E-state index contributed by atoms with van der Waals surface area (Å²) in [7, 11) is 0. The van der Waals surface area contributed by atoms with E-state index in [0.717, 1.165) is 0 Å². The molecule has 0 fully saturated rings. The molecule has 6 heteroatoms. The van der Waals surface area contributed by atoms with Crippen LogP contribution in [0.2, 0.25) is 5.02 Å². The average molecular weight is 213 g/mol. The first-order valence-electron chi connectivity index (χ1n) is 3.80. The van der Waals surface area contributed by atoms with E-state index in [1.165, 1.54) is 23.0 Å². The number of nitrogen functional groups attached to an aromatic ring is 1. The SMILES string of the molecule is Nc1cn(-c2ccc(Cl)cc2F)nn1. The summed E-state index contributed by atoms with van der Waals surface area (Å²) < 4.78 is 14.6. The van der Waals surface area contributed by atoms with E-state index in [1.54, 1.807) is 6.07 Å². The highest BCUT2D eigenvalue weighted by atomic mass is 35.5. The Kier molecular flexibility index (Phi) is 2.09. The molecule has 4 nitrogen and oxygen atoms in total. The van der Waals surface area contributed by atoms with Crippen molar-refractivity contribution >= 4 is 17.4 Å². The maximum atomic E-state index is 13.3. The summed E-state index contributed by atoms with van der Waals surface area (Å²) in [5, 5.41) is 7.52. The van der Waals surface area contributed by atoms with Crippen molar-refractivity contribution in [2.75, 3.05) is 5.73 Å². The van der Waals surface area contributed by atoms with Gasteiger partial charge in [0.1, 0.15) is 11.5 Å². The second-order valence-corrected chi connectivity index (χ2v) is 3.12. The van der Waals surface area contributed by atoms with Crippen molar-refractivity contribution in [1.29, 1.82) is 0 Å². The first-order valence-corrected chi connectivity index (χ1v) is 4.18. The number of benzene rings is 1. The van der Waals surface area contributed by atoms with Crippen LogP contribution in [0.5, 0.6) is 0 Å². The summed E-state index contributed by atoms with van der Waals surface area (Å²) in [5.74, 6) is -0.234. The molecular weight excluding hydrogens is 207 g/mol. The molecule has 0 atom stereocenters. The molecule has 0 aliphatic heterocycles. The van der Waals surface area contributed by atoms with Crippen LogP contribution in [0, 0.1) is 5.82 Å². The van der Waals surface area contributed by atoms with Crippen LogP contribution in [0.1, 0.15) is 0 Å². The molecule has 2 aromatic rings. The predicted molar refractivity (Wildman–Crippen MR) is 50.7 cm³/mol. The minimum atomic E-state index is -0.470. The zero-order chi connectivity index (χ0) is 10.1. The Bertz CT molecular complexity index is 468. The van der Waals surface area contributed by atoms with E-state index in [1.807, 2.05) is 0 Å². The van der Waals surface area contributed by atoms with Gasteiger partial charge in [0.25, 0.3) is 0 Å². The van der Waals surface area contributed by atoms with Gasteiger partial charge in [-0.1, -0.05) is 16.8 Å².